The predicted molar refractivity (Wildman–Crippen MR) is 122 cm³/mol. The van der Waals surface area contributed by atoms with Crippen molar-refractivity contribution in [1.82, 2.24) is 20.0 Å². The first-order valence-corrected chi connectivity index (χ1v) is 11.5. The number of piperidine rings is 1. The van der Waals surface area contributed by atoms with Crippen LogP contribution in [0.4, 0.5) is 0 Å². The van der Waals surface area contributed by atoms with E-state index in [1.54, 1.807) is 0 Å². The Labute approximate surface area is 186 Å². The highest BCUT2D eigenvalue weighted by molar-refractivity contribution is 5.80. The van der Waals surface area contributed by atoms with Crippen LogP contribution in [0.25, 0.3) is 0 Å². The zero-order valence-corrected chi connectivity index (χ0v) is 19.4. The third kappa shape index (κ3) is 6.18. The van der Waals surface area contributed by atoms with Gasteiger partial charge >= 0.3 is 0 Å². The molecule has 6 heteroatoms. The molecule has 1 saturated heterocycles. The molecule has 2 amide bonds. The average molecular weight is 425 g/mol. The van der Waals surface area contributed by atoms with Gasteiger partial charge in [-0.1, -0.05) is 44.2 Å². The topological polar surface area (TPSA) is 67.2 Å². The largest absolute Gasteiger partial charge is 0.352 e. The number of hydrogen-bond acceptors (Lipinski definition) is 3. The molecule has 0 saturated carbocycles. The van der Waals surface area contributed by atoms with Crippen molar-refractivity contribution in [3.05, 3.63) is 52.8 Å². The molecule has 0 bridgehead atoms. The molecule has 1 aromatic carbocycles. The van der Waals surface area contributed by atoms with Gasteiger partial charge in [-0.15, -0.1) is 0 Å². The van der Waals surface area contributed by atoms with Gasteiger partial charge in [0.15, 0.2) is 0 Å². The maximum absolute atomic E-state index is 12.8. The van der Waals surface area contributed by atoms with Crippen LogP contribution >= 0.6 is 0 Å². The fourth-order valence-electron chi connectivity index (χ4n) is 4.33. The summed E-state index contributed by atoms with van der Waals surface area (Å²) >= 11 is 0. The number of carbonyl (C=O) groups excluding carboxylic acids is 2. The Morgan fingerprint density at radius 1 is 1.13 bits per heavy atom. The predicted octanol–water partition coefficient (Wildman–Crippen LogP) is 3.64. The normalized spacial score (nSPS) is 14.8. The molecule has 0 atom stereocenters. The molecule has 2 heterocycles. The summed E-state index contributed by atoms with van der Waals surface area (Å²) in [5.74, 6) is 0.809. The van der Waals surface area contributed by atoms with E-state index in [2.05, 4.69) is 35.9 Å². The van der Waals surface area contributed by atoms with Crippen LogP contribution in [0, 0.1) is 25.7 Å². The average Bonchev–Trinajstić information content (AvgIpc) is 3.03. The maximum atomic E-state index is 12.8. The van der Waals surface area contributed by atoms with E-state index in [0.717, 1.165) is 37.1 Å². The van der Waals surface area contributed by atoms with Gasteiger partial charge in [-0.05, 0) is 50.2 Å². The molecule has 6 nitrogen and oxygen atoms in total. The van der Waals surface area contributed by atoms with Crippen molar-refractivity contribution in [3.8, 4) is 0 Å². The Bertz CT molecular complexity index is 880. The summed E-state index contributed by atoms with van der Waals surface area (Å²) in [4.78, 5) is 27.2. The monoisotopic (exact) mass is 424 g/mol. The van der Waals surface area contributed by atoms with Gasteiger partial charge in [-0.2, -0.15) is 5.10 Å². The zero-order valence-electron chi connectivity index (χ0n) is 19.4. The summed E-state index contributed by atoms with van der Waals surface area (Å²) < 4.78 is 2.07. The molecule has 1 aliphatic heterocycles. The van der Waals surface area contributed by atoms with Crippen molar-refractivity contribution in [1.29, 1.82) is 0 Å². The van der Waals surface area contributed by atoms with Gasteiger partial charge in [-0.3, -0.25) is 14.3 Å². The number of nitrogens with one attached hydrogen (secondary N) is 1. The van der Waals surface area contributed by atoms with E-state index in [0.29, 0.717) is 32.0 Å². The Morgan fingerprint density at radius 2 is 1.81 bits per heavy atom. The fraction of sp³-hybridized carbons (Fsp3) is 0.560. The minimum atomic E-state index is -0.00786. The second kappa shape index (κ2) is 10.6. The highest BCUT2D eigenvalue weighted by Crippen LogP contribution is 2.21. The summed E-state index contributed by atoms with van der Waals surface area (Å²) in [6, 6.07) is 9.95. The van der Waals surface area contributed by atoms with Crippen molar-refractivity contribution in [3.63, 3.8) is 0 Å². The number of likely N-dealkylation sites (tertiary alicyclic amines) is 1. The van der Waals surface area contributed by atoms with Crippen molar-refractivity contribution >= 4 is 11.8 Å². The summed E-state index contributed by atoms with van der Waals surface area (Å²) in [6.45, 7) is 11.3. The summed E-state index contributed by atoms with van der Waals surface area (Å²) in [5, 5.41) is 7.69. The number of carbonyl (C=O) groups is 2. The quantitative estimate of drug-likeness (QED) is 0.703. The summed E-state index contributed by atoms with van der Waals surface area (Å²) in [7, 11) is 0. The van der Waals surface area contributed by atoms with E-state index in [1.165, 1.54) is 11.3 Å². The van der Waals surface area contributed by atoms with Gasteiger partial charge in [0.2, 0.25) is 11.8 Å². The number of aromatic nitrogens is 2. The SMILES string of the molecule is Cc1nn(CC(C)C)c(C)c1CCC(=O)N1CCC(C(=O)NCc2ccccc2)CC1. The maximum Gasteiger partial charge on any atom is 0.223 e. The first-order valence-electron chi connectivity index (χ1n) is 11.5. The first-order chi connectivity index (χ1) is 14.8. The van der Waals surface area contributed by atoms with Gasteiger partial charge in [0.1, 0.15) is 0 Å². The van der Waals surface area contributed by atoms with E-state index in [-0.39, 0.29) is 17.7 Å². The molecule has 1 aromatic heterocycles. The van der Waals surface area contributed by atoms with Gasteiger partial charge in [0.05, 0.1) is 5.69 Å². The van der Waals surface area contributed by atoms with Crippen LogP contribution in [0.1, 0.15) is 55.6 Å². The van der Waals surface area contributed by atoms with Gasteiger partial charge in [-0.25, -0.2) is 0 Å². The van der Waals surface area contributed by atoms with Gasteiger partial charge in [0.25, 0.3) is 0 Å². The molecule has 31 heavy (non-hydrogen) atoms. The lowest BCUT2D eigenvalue weighted by molar-refractivity contribution is -0.135. The van der Waals surface area contributed by atoms with Crippen molar-refractivity contribution in [2.24, 2.45) is 11.8 Å². The fourth-order valence-corrected chi connectivity index (χ4v) is 4.33. The highest BCUT2D eigenvalue weighted by Gasteiger charge is 2.27. The lowest BCUT2D eigenvalue weighted by atomic mass is 9.95. The molecule has 1 aliphatic rings. The van der Waals surface area contributed by atoms with E-state index in [9.17, 15) is 9.59 Å². The van der Waals surface area contributed by atoms with E-state index >= 15 is 0 Å². The lowest BCUT2D eigenvalue weighted by Crippen LogP contribution is -2.43. The molecule has 0 unspecified atom stereocenters. The Morgan fingerprint density at radius 3 is 2.45 bits per heavy atom. The third-order valence-electron chi connectivity index (χ3n) is 6.19. The smallest absolute Gasteiger partial charge is 0.223 e. The van der Waals surface area contributed by atoms with Crippen LogP contribution in [-0.2, 0) is 29.1 Å². The Hall–Kier alpha value is -2.63. The number of hydrogen-bond donors (Lipinski definition) is 1. The van der Waals surface area contributed by atoms with Crippen LogP contribution in [0.15, 0.2) is 30.3 Å². The number of benzene rings is 1. The third-order valence-corrected chi connectivity index (χ3v) is 6.19. The van der Waals surface area contributed by atoms with Crippen LogP contribution in [-0.4, -0.2) is 39.6 Å². The highest BCUT2D eigenvalue weighted by atomic mass is 16.2. The lowest BCUT2D eigenvalue weighted by Gasteiger charge is -2.31. The van der Waals surface area contributed by atoms with Crippen LogP contribution in [0.5, 0.6) is 0 Å². The van der Waals surface area contributed by atoms with Crippen molar-refractivity contribution < 1.29 is 9.59 Å². The number of aryl methyl sites for hydroxylation is 1. The molecular weight excluding hydrogens is 388 g/mol. The van der Waals surface area contributed by atoms with Gasteiger partial charge < -0.3 is 10.2 Å². The molecule has 168 valence electrons. The number of nitrogens with zero attached hydrogens (tertiary/aromatic N) is 3. The number of amides is 2. The standard InChI is InChI=1S/C25H36N4O2/c1-18(2)17-29-20(4)23(19(3)27-29)10-11-24(30)28-14-12-22(13-15-28)25(31)26-16-21-8-6-5-7-9-21/h5-9,18,22H,10-17H2,1-4H3,(H,26,31). The Balaban J connectivity index is 1.44. The van der Waals surface area contributed by atoms with Crippen LogP contribution in [0.3, 0.4) is 0 Å². The molecule has 0 aliphatic carbocycles. The molecule has 2 aromatic rings. The van der Waals surface area contributed by atoms with E-state index < -0.39 is 0 Å². The minimum absolute atomic E-state index is 0.00786. The minimum Gasteiger partial charge on any atom is -0.352 e. The summed E-state index contributed by atoms with van der Waals surface area (Å²) in [5.41, 5.74) is 4.50. The van der Waals surface area contributed by atoms with E-state index in [1.807, 2.05) is 42.2 Å². The number of rotatable bonds is 8. The molecule has 1 fully saturated rings. The zero-order chi connectivity index (χ0) is 22.4. The Kier molecular flexibility index (Phi) is 7.88. The summed E-state index contributed by atoms with van der Waals surface area (Å²) in [6.07, 6.45) is 2.69. The molecule has 3 rings (SSSR count). The van der Waals surface area contributed by atoms with Crippen molar-refractivity contribution in [2.75, 3.05) is 13.1 Å². The molecule has 1 N–H and O–H groups in total. The first kappa shape index (κ1) is 23.0. The second-order valence-corrected chi connectivity index (χ2v) is 9.08. The molecule has 0 spiro atoms. The second-order valence-electron chi connectivity index (χ2n) is 9.08. The molecular formula is C25H36N4O2. The van der Waals surface area contributed by atoms with Crippen LogP contribution in [0.2, 0.25) is 0 Å². The van der Waals surface area contributed by atoms with Crippen molar-refractivity contribution in [2.45, 2.75) is 66.5 Å². The van der Waals surface area contributed by atoms with Crippen LogP contribution < -0.4 is 5.32 Å². The molecule has 0 radical (unpaired) electrons. The van der Waals surface area contributed by atoms with E-state index in [4.69, 9.17) is 0 Å². The van der Waals surface area contributed by atoms with Gasteiger partial charge in [0, 0.05) is 44.2 Å².